The van der Waals surface area contributed by atoms with Crippen molar-refractivity contribution in [3.63, 3.8) is 0 Å². The molecular weight excluding hydrogens is 258 g/mol. The molecule has 2 fully saturated rings. The summed E-state index contributed by atoms with van der Waals surface area (Å²) in [6, 6.07) is 6.09. The van der Waals surface area contributed by atoms with Crippen molar-refractivity contribution in [2.75, 3.05) is 13.5 Å². The Labute approximate surface area is 135 Å². The zero-order valence-corrected chi connectivity index (χ0v) is 12.9. The quantitative estimate of drug-likeness (QED) is 0.840. The summed E-state index contributed by atoms with van der Waals surface area (Å²) < 4.78 is 44.8. The van der Waals surface area contributed by atoms with E-state index in [9.17, 15) is 0 Å². The van der Waals surface area contributed by atoms with Crippen molar-refractivity contribution in [2.45, 2.75) is 63.5 Å². The molecule has 0 radical (unpaired) electrons. The molecule has 0 aromatic heterocycles. The Hall–Kier alpha value is -1.02. The van der Waals surface area contributed by atoms with E-state index in [1.807, 2.05) is 18.2 Å². The van der Waals surface area contributed by atoms with E-state index >= 15 is 0 Å². The van der Waals surface area contributed by atoms with E-state index in [-0.39, 0.29) is 17.5 Å². The fraction of sp³-hybridized carbons (Fsp3) is 0.684. The van der Waals surface area contributed by atoms with Crippen LogP contribution in [0.2, 0.25) is 0 Å². The van der Waals surface area contributed by atoms with E-state index in [0.717, 1.165) is 32.1 Å². The lowest BCUT2D eigenvalue weighted by molar-refractivity contribution is -0.115. The van der Waals surface area contributed by atoms with Crippen LogP contribution in [0.15, 0.2) is 18.2 Å². The molecule has 1 aromatic rings. The molecule has 4 rings (SSSR count). The predicted molar refractivity (Wildman–Crippen MR) is 86.0 cm³/mol. The second kappa shape index (κ2) is 4.74. The van der Waals surface area contributed by atoms with Gasteiger partial charge in [-0.05, 0) is 68.8 Å². The largest absolute Gasteiger partial charge is 0.494 e. The number of rotatable bonds is 3. The van der Waals surface area contributed by atoms with Crippen molar-refractivity contribution >= 4 is 0 Å². The van der Waals surface area contributed by atoms with Crippen LogP contribution >= 0.6 is 0 Å². The Morgan fingerprint density at radius 2 is 2.33 bits per heavy atom. The van der Waals surface area contributed by atoms with Gasteiger partial charge in [-0.15, -0.1) is 0 Å². The van der Waals surface area contributed by atoms with Gasteiger partial charge in [0.15, 0.2) is 0 Å². The molecule has 3 aliphatic rings. The third-order valence-electron chi connectivity index (χ3n) is 6.20. The fourth-order valence-corrected chi connectivity index (χ4v) is 5.34. The minimum absolute atomic E-state index is 0.0112. The van der Waals surface area contributed by atoms with E-state index in [4.69, 9.17) is 11.6 Å². The van der Waals surface area contributed by atoms with Crippen LogP contribution in [0, 0.1) is 5.92 Å². The molecule has 2 heteroatoms. The maximum absolute atomic E-state index is 7.97. The molecule has 0 N–H and O–H groups in total. The number of likely N-dealkylation sites (N-methyl/N-ethyl adjacent to an activating group) is 1. The maximum atomic E-state index is 7.97. The van der Waals surface area contributed by atoms with E-state index < -0.39 is 13.5 Å². The van der Waals surface area contributed by atoms with E-state index in [1.54, 1.807) is 4.90 Å². The third-order valence-corrected chi connectivity index (χ3v) is 6.20. The van der Waals surface area contributed by atoms with Crippen LogP contribution in [-0.4, -0.2) is 30.5 Å². The average Bonchev–Trinajstić information content (AvgIpc) is 2.50. The Morgan fingerprint density at radius 3 is 3.10 bits per heavy atom. The SMILES string of the molecule is [2H]C([2H])(C)Oc1ccc2c(c1)C1(CC)CCCC3[C@@H]1[C@H](C2)N3C([2H])([2H])[2H]. The van der Waals surface area contributed by atoms with E-state index in [2.05, 4.69) is 6.92 Å². The lowest BCUT2D eigenvalue weighted by atomic mass is 9.49. The van der Waals surface area contributed by atoms with Gasteiger partial charge in [0.2, 0.25) is 0 Å². The zero-order valence-electron chi connectivity index (χ0n) is 17.9. The van der Waals surface area contributed by atoms with E-state index in [0.29, 0.717) is 11.7 Å². The number of likely N-dealkylation sites (tertiary alicyclic amines) is 1. The summed E-state index contributed by atoms with van der Waals surface area (Å²) in [6.45, 7) is -0.121. The van der Waals surface area contributed by atoms with Crippen molar-refractivity contribution in [1.29, 1.82) is 0 Å². The number of hydrogen-bond acceptors (Lipinski definition) is 2. The van der Waals surface area contributed by atoms with Crippen molar-refractivity contribution in [3.8, 4) is 5.75 Å². The Balaban J connectivity index is 1.78. The van der Waals surface area contributed by atoms with Crippen molar-refractivity contribution in [2.24, 2.45) is 5.92 Å². The first-order valence-corrected chi connectivity index (χ1v) is 8.18. The number of hydrogen-bond donors (Lipinski definition) is 0. The zero-order chi connectivity index (χ0) is 18.9. The van der Waals surface area contributed by atoms with Crippen LogP contribution in [0.3, 0.4) is 0 Å². The van der Waals surface area contributed by atoms with Crippen LogP contribution < -0.4 is 4.74 Å². The van der Waals surface area contributed by atoms with Gasteiger partial charge in [0.05, 0.1) is 9.30 Å². The standard InChI is InChI=1S/C19H27NO/c1-4-19-10-6-7-16-18(19)17(20(16)3)11-13-8-9-14(21-5-2)12-15(13)19/h8-9,12,16-18H,4-7,10-11H2,1-3H3/t16?,17-,18+,19?/m0/s1/i3D3,5D2. The Kier molecular flexibility index (Phi) is 2.08. The predicted octanol–water partition coefficient (Wildman–Crippen LogP) is 3.77. The molecule has 4 atom stereocenters. The molecule has 1 saturated heterocycles. The van der Waals surface area contributed by atoms with Crippen LogP contribution in [0.1, 0.15) is 57.5 Å². The fourth-order valence-electron chi connectivity index (χ4n) is 5.34. The van der Waals surface area contributed by atoms with Crippen LogP contribution in [0.4, 0.5) is 0 Å². The summed E-state index contributed by atoms with van der Waals surface area (Å²) in [5, 5.41) is 0. The molecule has 1 saturated carbocycles. The van der Waals surface area contributed by atoms with Gasteiger partial charge in [-0.25, -0.2) is 0 Å². The summed E-state index contributed by atoms with van der Waals surface area (Å²) in [5.41, 5.74) is 2.45. The first-order chi connectivity index (χ1) is 12.1. The summed E-state index contributed by atoms with van der Waals surface area (Å²) in [5.74, 6) is 0.944. The molecule has 2 unspecified atom stereocenters. The normalized spacial score (nSPS) is 42.2. The van der Waals surface area contributed by atoms with Crippen LogP contribution in [0.25, 0.3) is 0 Å². The van der Waals surface area contributed by atoms with Crippen molar-refractivity contribution < 1.29 is 11.6 Å². The summed E-state index contributed by atoms with van der Waals surface area (Å²) in [7, 11) is 0. The molecule has 1 heterocycles. The minimum Gasteiger partial charge on any atom is -0.494 e. The first-order valence-electron chi connectivity index (χ1n) is 10.7. The molecule has 2 aliphatic carbocycles. The lowest BCUT2D eigenvalue weighted by Crippen LogP contribution is -2.72. The van der Waals surface area contributed by atoms with Gasteiger partial charge in [-0.2, -0.15) is 0 Å². The molecule has 1 aliphatic heterocycles. The number of nitrogens with zero attached hydrogens (tertiary/aromatic N) is 1. The maximum Gasteiger partial charge on any atom is 0.119 e. The average molecular weight is 290 g/mol. The molecule has 0 bridgehead atoms. The van der Waals surface area contributed by atoms with E-state index in [1.165, 1.54) is 18.1 Å². The second-order valence-electron chi connectivity index (χ2n) is 6.80. The summed E-state index contributed by atoms with van der Waals surface area (Å²) in [6.07, 6.45) is 4.81. The molecule has 21 heavy (non-hydrogen) atoms. The van der Waals surface area contributed by atoms with Crippen molar-refractivity contribution in [3.05, 3.63) is 29.3 Å². The summed E-state index contributed by atoms with van der Waals surface area (Å²) in [4.78, 5) is 1.79. The molecule has 114 valence electrons. The summed E-state index contributed by atoms with van der Waals surface area (Å²) >= 11 is 0. The topological polar surface area (TPSA) is 12.5 Å². The van der Waals surface area contributed by atoms with Crippen molar-refractivity contribution in [1.82, 2.24) is 4.90 Å². The highest BCUT2D eigenvalue weighted by Crippen LogP contribution is 2.59. The van der Waals surface area contributed by atoms with Crippen LogP contribution in [-0.2, 0) is 11.8 Å². The molecule has 0 amide bonds. The van der Waals surface area contributed by atoms with Gasteiger partial charge in [-0.3, -0.25) is 4.90 Å². The van der Waals surface area contributed by atoms with Gasteiger partial charge in [0, 0.05) is 21.6 Å². The Bertz CT molecular complexity index is 713. The molecule has 0 spiro atoms. The van der Waals surface area contributed by atoms with Gasteiger partial charge < -0.3 is 4.74 Å². The van der Waals surface area contributed by atoms with Gasteiger partial charge in [0.1, 0.15) is 5.75 Å². The lowest BCUT2D eigenvalue weighted by Gasteiger charge is -2.66. The molecule has 2 nitrogen and oxygen atoms in total. The van der Waals surface area contributed by atoms with Gasteiger partial charge >= 0.3 is 0 Å². The molecule has 1 aromatic carbocycles. The highest BCUT2D eigenvalue weighted by molar-refractivity contribution is 5.46. The number of ether oxygens (including phenoxy) is 1. The first kappa shape index (κ1) is 9.19. The minimum atomic E-state index is -2.03. The highest BCUT2D eigenvalue weighted by atomic mass is 16.5. The van der Waals surface area contributed by atoms with Gasteiger partial charge in [-0.1, -0.05) is 19.4 Å². The highest BCUT2D eigenvalue weighted by Gasteiger charge is 2.60. The number of fused-ring (bicyclic) bond motifs is 2. The third kappa shape index (κ3) is 1.69. The van der Waals surface area contributed by atoms with Crippen LogP contribution in [0.5, 0.6) is 5.75 Å². The number of benzene rings is 1. The molecular formula is C19H27NO. The monoisotopic (exact) mass is 290 g/mol. The smallest absolute Gasteiger partial charge is 0.119 e. The Morgan fingerprint density at radius 1 is 1.43 bits per heavy atom. The second-order valence-corrected chi connectivity index (χ2v) is 6.80. The van der Waals surface area contributed by atoms with Gasteiger partial charge in [0.25, 0.3) is 0 Å².